The smallest absolute Gasteiger partial charge is 0.320 e. The number of nitrogens with zero attached hydrogens (tertiary/aromatic N) is 1. The first-order chi connectivity index (χ1) is 15.1. The van der Waals surface area contributed by atoms with E-state index >= 15 is 0 Å². The number of carbonyl (C=O) groups excluding carboxylic acids is 2. The summed E-state index contributed by atoms with van der Waals surface area (Å²) in [6.45, 7) is 0.299. The van der Waals surface area contributed by atoms with Gasteiger partial charge in [-0.25, -0.2) is 4.79 Å². The SMILES string of the molecule is COc1ccc(C2NC(=O)NC3=C2CN(C(=O)c2ccco2)c2ccccc23)cc1Br. The lowest BCUT2D eigenvalue weighted by Gasteiger charge is -2.38. The Balaban J connectivity index is 1.63. The van der Waals surface area contributed by atoms with Crippen molar-refractivity contribution in [2.24, 2.45) is 0 Å². The highest BCUT2D eigenvalue weighted by Crippen LogP contribution is 2.41. The van der Waals surface area contributed by atoms with Crippen LogP contribution in [0.4, 0.5) is 10.5 Å². The Bertz CT molecular complexity index is 1220. The molecule has 2 N–H and O–H groups in total. The standard InChI is InChI=1S/C23H18BrN3O4/c1-30-18-9-8-13(11-16(18)24)20-15-12-27(22(28)19-7-4-10-31-19)17-6-3-2-5-14(17)21(15)26-23(29)25-20/h2-11,20H,12H2,1H3,(H2,25,26,29). The highest BCUT2D eigenvalue weighted by atomic mass is 79.9. The zero-order valence-corrected chi connectivity index (χ0v) is 18.1. The first-order valence-corrected chi connectivity index (χ1v) is 10.4. The molecule has 156 valence electrons. The van der Waals surface area contributed by atoms with E-state index in [1.54, 1.807) is 24.1 Å². The van der Waals surface area contributed by atoms with Gasteiger partial charge < -0.3 is 24.7 Å². The minimum absolute atomic E-state index is 0.240. The summed E-state index contributed by atoms with van der Waals surface area (Å²) in [5.74, 6) is 0.716. The van der Waals surface area contributed by atoms with Crippen LogP contribution in [-0.2, 0) is 0 Å². The minimum Gasteiger partial charge on any atom is -0.496 e. The summed E-state index contributed by atoms with van der Waals surface area (Å²) in [4.78, 5) is 27.4. The summed E-state index contributed by atoms with van der Waals surface area (Å²) in [6, 6.07) is 15.8. The van der Waals surface area contributed by atoms with Crippen molar-refractivity contribution >= 4 is 39.3 Å². The highest BCUT2D eigenvalue weighted by molar-refractivity contribution is 9.10. The fourth-order valence-electron chi connectivity index (χ4n) is 4.04. The summed E-state index contributed by atoms with van der Waals surface area (Å²) in [6.07, 6.45) is 1.48. The molecule has 0 spiro atoms. The zero-order chi connectivity index (χ0) is 21.5. The fourth-order valence-corrected chi connectivity index (χ4v) is 4.60. The van der Waals surface area contributed by atoms with Crippen LogP contribution in [0, 0.1) is 0 Å². The summed E-state index contributed by atoms with van der Waals surface area (Å²) < 4.78 is 11.5. The molecule has 1 atom stereocenters. The Morgan fingerprint density at radius 1 is 1.19 bits per heavy atom. The van der Waals surface area contributed by atoms with Gasteiger partial charge in [-0.2, -0.15) is 0 Å². The largest absolute Gasteiger partial charge is 0.496 e. The quantitative estimate of drug-likeness (QED) is 0.580. The molecule has 31 heavy (non-hydrogen) atoms. The van der Waals surface area contributed by atoms with Gasteiger partial charge in [-0.1, -0.05) is 24.3 Å². The zero-order valence-electron chi connectivity index (χ0n) is 16.5. The maximum Gasteiger partial charge on any atom is 0.320 e. The van der Waals surface area contributed by atoms with E-state index in [1.807, 2.05) is 42.5 Å². The number of hydrogen-bond donors (Lipinski definition) is 2. The third-order valence-corrected chi connectivity index (χ3v) is 6.08. The van der Waals surface area contributed by atoms with E-state index in [-0.39, 0.29) is 17.7 Å². The summed E-state index contributed by atoms with van der Waals surface area (Å²) in [5, 5.41) is 5.93. The summed E-state index contributed by atoms with van der Waals surface area (Å²) in [7, 11) is 1.60. The van der Waals surface area contributed by atoms with Gasteiger partial charge in [0.15, 0.2) is 5.76 Å². The molecule has 8 heteroatoms. The van der Waals surface area contributed by atoms with Crippen molar-refractivity contribution < 1.29 is 18.7 Å². The second kappa shape index (κ2) is 7.63. The van der Waals surface area contributed by atoms with E-state index in [0.717, 1.165) is 32.6 Å². The molecule has 0 bridgehead atoms. The van der Waals surface area contributed by atoms with Crippen molar-refractivity contribution in [3.8, 4) is 5.75 Å². The number of urea groups is 1. The number of methoxy groups -OCH3 is 1. The van der Waals surface area contributed by atoms with Crippen LogP contribution in [0.3, 0.4) is 0 Å². The molecule has 2 aliphatic heterocycles. The predicted octanol–water partition coefficient (Wildman–Crippen LogP) is 4.48. The first-order valence-electron chi connectivity index (χ1n) is 9.65. The minimum atomic E-state index is -0.411. The fraction of sp³-hybridized carbons (Fsp3) is 0.130. The van der Waals surface area contributed by atoms with Crippen LogP contribution in [0.5, 0.6) is 5.75 Å². The van der Waals surface area contributed by atoms with Gasteiger partial charge >= 0.3 is 6.03 Å². The molecule has 2 aromatic carbocycles. The molecule has 3 aromatic rings. The molecule has 0 fully saturated rings. The molecular weight excluding hydrogens is 462 g/mol. The Morgan fingerprint density at radius 3 is 2.77 bits per heavy atom. The van der Waals surface area contributed by atoms with Crippen molar-refractivity contribution in [2.45, 2.75) is 6.04 Å². The van der Waals surface area contributed by atoms with E-state index in [1.165, 1.54) is 6.26 Å². The van der Waals surface area contributed by atoms with Gasteiger partial charge in [0.05, 0.1) is 41.8 Å². The predicted molar refractivity (Wildman–Crippen MR) is 119 cm³/mol. The third kappa shape index (κ3) is 3.29. The van der Waals surface area contributed by atoms with E-state index < -0.39 is 6.04 Å². The first kappa shape index (κ1) is 19.4. The Morgan fingerprint density at radius 2 is 2.03 bits per heavy atom. The van der Waals surface area contributed by atoms with Crippen LogP contribution in [0.2, 0.25) is 0 Å². The lowest BCUT2D eigenvalue weighted by molar-refractivity contribution is 0.0961. The molecule has 0 aliphatic carbocycles. The van der Waals surface area contributed by atoms with E-state index in [9.17, 15) is 9.59 Å². The number of rotatable bonds is 3. The maximum atomic E-state index is 13.2. The molecule has 0 saturated heterocycles. The van der Waals surface area contributed by atoms with Crippen LogP contribution >= 0.6 is 15.9 Å². The lowest BCUT2D eigenvalue weighted by atomic mass is 9.88. The van der Waals surface area contributed by atoms with Gasteiger partial charge in [0, 0.05) is 11.1 Å². The van der Waals surface area contributed by atoms with Crippen molar-refractivity contribution in [1.82, 2.24) is 10.6 Å². The number of fused-ring (bicyclic) bond motifs is 2. The van der Waals surface area contributed by atoms with Crippen LogP contribution in [-0.4, -0.2) is 25.6 Å². The molecule has 3 amide bonds. The second-order valence-corrected chi connectivity index (χ2v) is 8.07. The molecule has 2 aliphatic rings. The number of nitrogens with one attached hydrogen (secondary N) is 2. The molecular formula is C23H18BrN3O4. The number of ether oxygens (including phenoxy) is 1. The van der Waals surface area contributed by atoms with Crippen molar-refractivity contribution in [1.29, 1.82) is 0 Å². The summed E-state index contributed by atoms with van der Waals surface area (Å²) in [5.41, 5.74) is 3.99. The van der Waals surface area contributed by atoms with Gasteiger partial charge in [-0.15, -0.1) is 0 Å². The molecule has 3 heterocycles. The highest BCUT2D eigenvalue weighted by Gasteiger charge is 2.37. The van der Waals surface area contributed by atoms with Crippen LogP contribution in [0.1, 0.15) is 27.7 Å². The number of hydrogen-bond acceptors (Lipinski definition) is 4. The van der Waals surface area contributed by atoms with E-state index in [4.69, 9.17) is 9.15 Å². The van der Waals surface area contributed by atoms with Crippen molar-refractivity contribution in [2.75, 3.05) is 18.6 Å². The van der Waals surface area contributed by atoms with Gasteiger partial charge in [0.1, 0.15) is 5.75 Å². The van der Waals surface area contributed by atoms with E-state index in [2.05, 4.69) is 26.6 Å². The number of benzene rings is 2. The Hall–Kier alpha value is -3.52. The lowest BCUT2D eigenvalue weighted by Crippen LogP contribution is -2.49. The average molecular weight is 480 g/mol. The van der Waals surface area contributed by atoms with Crippen LogP contribution in [0.15, 0.2) is 75.3 Å². The molecule has 0 radical (unpaired) electrons. The topological polar surface area (TPSA) is 83.8 Å². The van der Waals surface area contributed by atoms with E-state index in [0.29, 0.717) is 12.3 Å². The molecule has 0 saturated carbocycles. The number of amides is 3. The Kier molecular flexibility index (Phi) is 4.78. The summed E-state index contributed by atoms with van der Waals surface area (Å²) >= 11 is 3.52. The number of furan rings is 1. The van der Waals surface area contributed by atoms with Crippen molar-refractivity contribution in [3.05, 3.63) is 87.8 Å². The number of para-hydroxylation sites is 1. The van der Waals surface area contributed by atoms with Gasteiger partial charge in [-0.3, -0.25) is 4.79 Å². The monoisotopic (exact) mass is 479 g/mol. The average Bonchev–Trinajstić information content (AvgIpc) is 3.32. The maximum absolute atomic E-state index is 13.2. The van der Waals surface area contributed by atoms with Gasteiger partial charge in [0.2, 0.25) is 0 Å². The van der Waals surface area contributed by atoms with Gasteiger partial charge in [-0.05, 0) is 51.8 Å². The number of carbonyl (C=O) groups is 2. The number of anilines is 1. The molecule has 5 rings (SSSR count). The molecule has 7 nitrogen and oxygen atoms in total. The molecule has 1 aromatic heterocycles. The third-order valence-electron chi connectivity index (χ3n) is 5.46. The van der Waals surface area contributed by atoms with Crippen LogP contribution in [0.25, 0.3) is 5.70 Å². The number of halogens is 1. The molecule has 1 unspecified atom stereocenters. The Labute approximate surface area is 186 Å². The normalized spacial score (nSPS) is 17.4. The van der Waals surface area contributed by atoms with Gasteiger partial charge in [0.25, 0.3) is 5.91 Å². The second-order valence-electron chi connectivity index (χ2n) is 7.21. The van der Waals surface area contributed by atoms with Crippen molar-refractivity contribution in [3.63, 3.8) is 0 Å². The van der Waals surface area contributed by atoms with Crippen LogP contribution < -0.4 is 20.3 Å².